The number of carbonyl (C=O) groups excluding carboxylic acids is 2. The summed E-state index contributed by atoms with van der Waals surface area (Å²) >= 11 is 1.50. The van der Waals surface area contributed by atoms with Gasteiger partial charge in [0.2, 0.25) is 6.79 Å². The lowest BCUT2D eigenvalue weighted by Gasteiger charge is -2.63. The summed E-state index contributed by atoms with van der Waals surface area (Å²) in [5.41, 5.74) is 3.45. The number of fused-ring (bicyclic) bond motifs is 8. The number of aliphatic hydroxyl groups excluding tert-OH is 1. The molecule has 11 rings (SSSR count). The van der Waals surface area contributed by atoms with Crippen molar-refractivity contribution in [3.05, 3.63) is 62.7 Å². The number of piperazine rings is 1. The van der Waals surface area contributed by atoms with E-state index in [0.717, 1.165) is 27.8 Å². The van der Waals surface area contributed by atoms with Crippen LogP contribution in [0.25, 0.3) is 0 Å². The number of hydrogen-bond donors (Lipinski definition) is 4. The molecule has 3 aromatic rings. The van der Waals surface area contributed by atoms with Crippen LogP contribution in [0.2, 0.25) is 0 Å². The molecule has 1 saturated carbocycles. The van der Waals surface area contributed by atoms with Crippen LogP contribution < -0.4 is 29.0 Å². The van der Waals surface area contributed by atoms with Gasteiger partial charge in [0.1, 0.15) is 18.1 Å². The fourth-order valence-corrected chi connectivity index (χ4v) is 12.8. The van der Waals surface area contributed by atoms with Crippen molar-refractivity contribution in [2.45, 2.75) is 93.7 Å². The van der Waals surface area contributed by atoms with E-state index in [1.807, 2.05) is 13.8 Å². The molecule has 14 nitrogen and oxygen atoms in total. The number of rotatable bonds is 4. The van der Waals surface area contributed by atoms with Gasteiger partial charge in [-0.25, -0.2) is 4.79 Å². The predicted molar refractivity (Wildman–Crippen MR) is 202 cm³/mol. The minimum atomic E-state index is -1.36. The van der Waals surface area contributed by atoms with Crippen LogP contribution in [0.5, 0.6) is 40.2 Å². The maximum Gasteiger partial charge on any atom is 0.332 e. The summed E-state index contributed by atoms with van der Waals surface area (Å²) < 4.78 is 36.6. The number of hydrogen-bond acceptors (Lipinski definition) is 15. The van der Waals surface area contributed by atoms with E-state index in [0.29, 0.717) is 72.0 Å². The van der Waals surface area contributed by atoms with Crippen LogP contribution in [0, 0.1) is 13.8 Å². The van der Waals surface area contributed by atoms with Crippen molar-refractivity contribution in [3.8, 4) is 40.2 Å². The van der Waals surface area contributed by atoms with E-state index >= 15 is 0 Å². The molecule has 1 aliphatic carbocycles. The quantitative estimate of drug-likeness (QED) is 0.223. The highest BCUT2D eigenvalue weighted by Crippen LogP contribution is 2.72. The van der Waals surface area contributed by atoms with Gasteiger partial charge >= 0.3 is 11.9 Å². The SMILES string of the molecule is CCN1[C@@H]2c3c(cc(C)c(OC)c3O)C[C@H]1[C@H](O)N1C2[C@@H]2SC[C@]3(NCCc4cc(O)c(OC)cc43)C(=O)OC3CC31c1c3c(c(C)c(OC(C)=O)c12)OCO3. The van der Waals surface area contributed by atoms with Crippen LogP contribution in [0.3, 0.4) is 0 Å². The fourth-order valence-electron chi connectivity index (χ4n) is 11.1. The Hall–Kier alpha value is -4.41. The minimum Gasteiger partial charge on any atom is -0.504 e. The number of phenolic OH excluding ortho intramolecular Hbond substituents is 2. The minimum absolute atomic E-state index is 0.0154. The number of benzene rings is 3. The van der Waals surface area contributed by atoms with Crippen LogP contribution in [-0.2, 0) is 38.2 Å². The maximum atomic E-state index is 15.0. The molecule has 3 fully saturated rings. The van der Waals surface area contributed by atoms with E-state index < -0.39 is 52.7 Å². The number of nitrogens with zero attached hydrogens (tertiary/aromatic N) is 2. The zero-order valence-corrected chi connectivity index (χ0v) is 32.9. The Bertz CT molecular complexity index is 2250. The van der Waals surface area contributed by atoms with Crippen molar-refractivity contribution in [2.75, 3.05) is 39.9 Å². The Labute approximate surface area is 327 Å². The first-order valence-electron chi connectivity index (χ1n) is 19.2. The lowest BCUT2D eigenvalue weighted by Crippen LogP contribution is -2.72. The molecule has 2 saturated heterocycles. The zero-order chi connectivity index (χ0) is 39.2. The molecule has 2 spiro atoms. The number of aliphatic hydroxyl groups is 1. The fraction of sp³-hybridized carbons (Fsp3) is 0.512. The lowest BCUT2D eigenvalue weighted by atomic mass is 9.71. The molecule has 296 valence electrons. The van der Waals surface area contributed by atoms with E-state index in [9.17, 15) is 24.9 Å². The highest BCUT2D eigenvalue weighted by molar-refractivity contribution is 7.99. The van der Waals surface area contributed by atoms with E-state index in [-0.39, 0.29) is 35.8 Å². The summed E-state index contributed by atoms with van der Waals surface area (Å²) in [5.74, 6) is 1.14. The average molecular weight is 788 g/mol. The number of thioether (sulfide) groups is 1. The van der Waals surface area contributed by atoms with Gasteiger partial charge in [-0.2, -0.15) is 0 Å². The van der Waals surface area contributed by atoms with E-state index in [1.165, 1.54) is 25.8 Å². The van der Waals surface area contributed by atoms with Gasteiger partial charge in [0, 0.05) is 53.9 Å². The van der Waals surface area contributed by atoms with Crippen molar-refractivity contribution in [1.29, 1.82) is 0 Å². The maximum absolute atomic E-state index is 15.0. The Balaban J connectivity index is 1.27. The van der Waals surface area contributed by atoms with Gasteiger partial charge in [-0.15, -0.1) is 11.8 Å². The van der Waals surface area contributed by atoms with Crippen molar-refractivity contribution in [2.24, 2.45) is 0 Å². The molecule has 7 heterocycles. The first-order chi connectivity index (χ1) is 26.9. The Morgan fingerprint density at radius 3 is 2.59 bits per heavy atom. The van der Waals surface area contributed by atoms with Crippen molar-refractivity contribution >= 4 is 23.7 Å². The van der Waals surface area contributed by atoms with Gasteiger partial charge in [0.05, 0.1) is 37.1 Å². The summed E-state index contributed by atoms with van der Waals surface area (Å²) in [5, 5.41) is 38.8. The van der Waals surface area contributed by atoms with Gasteiger partial charge in [-0.3, -0.25) is 19.9 Å². The van der Waals surface area contributed by atoms with Crippen LogP contribution in [0.1, 0.15) is 76.1 Å². The van der Waals surface area contributed by atoms with Crippen molar-refractivity contribution < 1.29 is 53.3 Å². The molecular weight excluding hydrogens is 743 g/mol. The van der Waals surface area contributed by atoms with Gasteiger partial charge in [0.15, 0.2) is 40.0 Å². The number of carbonyl (C=O) groups is 2. The summed E-state index contributed by atoms with van der Waals surface area (Å²) in [6, 6.07) is 4.03. The molecule has 3 aromatic carbocycles. The summed E-state index contributed by atoms with van der Waals surface area (Å²) in [4.78, 5) is 32.4. The van der Waals surface area contributed by atoms with Crippen molar-refractivity contribution in [3.63, 3.8) is 0 Å². The topological polar surface area (TPSA) is 169 Å². The largest absolute Gasteiger partial charge is 0.504 e. The molecule has 4 N–H and O–H groups in total. The third-order valence-corrected chi connectivity index (χ3v) is 14.8. The van der Waals surface area contributed by atoms with E-state index in [1.54, 1.807) is 19.2 Å². The molecule has 3 unspecified atom stereocenters. The number of esters is 2. The van der Waals surface area contributed by atoms with Gasteiger partial charge in [-0.1, -0.05) is 13.0 Å². The number of ether oxygens (including phenoxy) is 6. The molecular formula is C41H45N3O11S. The number of likely N-dealkylation sites (N-methyl/N-ethyl adjacent to an activating group) is 1. The number of aromatic hydroxyl groups is 2. The smallest absolute Gasteiger partial charge is 0.332 e. The third kappa shape index (κ3) is 4.48. The Kier molecular flexibility index (Phi) is 7.90. The Morgan fingerprint density at radius 1 is 1.07 bits per heavy atom. The summed E-state index contributed by atoms with van der Waals surface area (Å²) in [6.07, 6.45) is -0.428. The molecule has 8 aliphatic rings. The number of aryl methyl sites for hydroxylation is 1. The standard InChI is InChI=1S/C41H45N3O11S/c1-7-43-23-11-21-10-17(2)33(51-6)32(47)27(21)30(43)31-37-28-29(36-35(52-16-53-36)18(3)34(28)54-19(4)45)41(44(31)38(23)48)14-26(41)55-39(49)40(15-56-37)22-13-25(50-5)24(46)12-20(22)8-9-42-40/h10,12-13,23,26,30-31,37-38,42,46-48H,7-9,11,14-16H2,1-6H3/t23-,26?,30+,31?,37+,38-,40+,41?/m0/s1. The third-order valence-electron chi connectivity index (χ3n) is 13.3. The van der Waals surface area contributed by atoms with Crippen LogP contribution in [0.4, 0.5) is 0 Å². The molecule has 15 heteroatoms. The molecule has 4 bridgehead atoms. The molecule has 0 amide bonds. The predicted octanol–water partition coefficient (Wildman–Crippen LogP) is 3.73. The van der Waals surface area contributed by atoms with Crippen LogP contribution in [-0.4, -0.2) is 101 Å². The molecule has 0 aromatic heterocycles. The average Bonchev–Trinajstić information content (AvgIpc) is 3.61. The number of nitrogens with one attached hydrogen (secondary N) is 1. The molecule has 0 radical (unpaired) electrons. The Morgan fingerprint density at radius 2 is 1.86 bits per heavy atom. The molecule has 8 atom stereocenters. The van der Waals surface area contributed by atoms with Crippen molar-refractivity contribution in [1.82, 2.24) is 15.1 Å². The second-order valence-corrected chi connectivity index (χ2v) is 17.1. The van der Waals surface area contributed by atoms with Gasteiger partial charge in [-0.05, 0) is 67.6 Å². The molecule has 56 heavy (non-hydrogen) atoms. The van der Waals surface area contributed by atoms with Crippen LogP contribution in [0.15, 0.2) is 18.2 Å². The first-order valence-corrected chi connectivity index (χ1v) is 20.2. The highest BCUT2D eigenvalue weighted by atomic mass is 32.2. The lowest BCUT2D eigenvalue weighted by molar-refractivity contribution is -0.195. The highest BCUT2D eigenvalue weighted by Gasteiger charge is 2.75. The molecule has 7 aliphatic heterocycles. The summed E-state index contributed by atoms with van der Waals surface area (Å²) in [6.45, 7) is 8.15. The monoisotopic (exact) mass is 787 g/mol. The second-order valence-electron chi connectivity index (χ2n) is 15.9. The zero-order valence-electron chi connectivity index (χ0n) is 32.1. The second kappa shape index (κ2) is 12.3. The first kappa shape index (κ1) is 36.0. The normalized spacial score (nSPS) is 32.0. The van der Waals surface area contributed by atoms with E-state index in [4.69, 9.17) is 28.4 Å². The van der Waals surface area contributed by atoms with Crippen LogP contribution >= 0.6 is 11.8 Å². The summed E-state index contributed by atoms with van der Waals surface area (Å²) in [7, 11) is 3.02. The number of phenols is 2. The van der Waals surface area contributed by atoms with Gasteiger partial charge in [0.25, 0.3) is 0 Å². The van der Waals surface area contributed by atoms with E-state index in [2.05, 4.69) is 28.1 Å². The number of methoxy groups -OCH3 is 2. The van der Waals surface area contributed by atoms with Gasteiger partial charge < -0.3 is 43.7 Å².